The third-order valence-corrected chi connectivity index (χ3v) is 3.18. The molecule has 1 amide bonds. The molecular formula is C15H19F3N2O4. The molecule has 0 fully saturated rings. The van der Waals surface area contributed by atoms with Crippen LogP contribution in [0.2, 0.25) is 0 Å². The van der Waals surface area contributed by atoms with Gasteiger partial charge < -0.3 is 20.5 Å². The van der Waals surface area contributed by atoms with Crippen molar-refractivity contribution in [3.05, 3.63) is 29.8 Å². The first kappa shape index (κ1) is 19.8. The molecule has 0 saturated carbocycles. The number of alkyl halides is 3. The number of ether oxygens (including phenoxy) is 2. The van der Waals surface area contributed by atoms with Crippen molar-refractivity contribution in [1.29, 1.82) is 0 Å². The van der Waals surface area contributed by atoms with Gasteiger partial charge in [-0.1, -0.05) is 12.1 Å². The van der Waals surface area contributed by atoms with Gasteiger partial charge in [0.25, 0.3) is 0 Å². The number of esters is 1. The van der Waals surface area contributed by atoms with Gasteiger partial charge in [0.1, 0.15) is 5.75 Å². The van der Waals surface area contributed by atoms with Gasteiger partial charge in [-0.05, 0) is 24.6 Å². The lowest BCUT2D eigenvalue weighted by Gasteiger charge is -2.18. The first-order valence-electron chi connectivity index (χ1n) is 7.09. The van der Waals surface area contributed by atoms with E-state index >= 15 is 0 Å². The average molecular weight is 348 g/mol. The van der Waals surface area contributed by atoms with Gasteiger partial charge in [0.05, 0.1) is 25.8 Å². The first-order valence-corrected chi connectivity index (χ1v) is 7.09. The molecule has 1 aromatic carbocycles. The van der Waals surface area contributed by atoms with E-state index in [9.17, 15) is 22.8 Å². The number of carbonyl (C=O) groups is 2. The van der Waals surface area contributed by atoms with Crippen molar-refractivity contribution < 1.29 is 32.2 Å². The fourth-order valence-electron chi connectivity index (χ4n) is 1.81. The Balaban J connectivity index is 2.47. The molecule has 24 heavy (non-hydrogen) atoms. The number of amides is 1. The Morgan fingerprint density at radius 3 is 2.58 bits per heavy atom. The Kier molecular flexibility index (Phi) is 7.02. The molecule has 134 valence electrons. The summed E-state index contributed by atoms with van der Waals surface area (Å²) in [5.74, 6) is -2.25. The zero-order valence-electron chi connectivity index (χ0n) is 13.2. The number of hydrogen-bond acceptors (Lipinski definition) is 5. The number of methoxy groups -OCH3 is 1. The maximum Gasteiger partial charge on any atom is 0.490 e. The van der Waals surface area contributed by atoms with Crippen molar-refractivity contribution in [3.8, 4) is 5.75 Å². The van der Waals surface area contributed by atoms with Gasteiger partial charge in [0.2, 0.25) is 5.91 Å². The second kappa shape index (κ2) is 8.53. The second-order valence-electron chi connectivity index (χ2n) is 5.04. The number of rotatable bonds is 7. The van der Waals surface area contributed by atoms with Gasteiger partial charge in [-0.25, -0.2) is 4.79 Å². The lowest BCUT2D eigenvalue weighted by molar-refractivity contribution is -0.199. The van der Waals surface area contributed by atoms with E-state index in [2.05, 4.69) is 10.1 Å². The Labute approximate surface area is 137 Å². The minimum atomic E-state index is -5.06. The summed E-state index contributed by atoms with van der Waals surface area (Å²) in [5.41, 5.74) is 6.36. The van der Waals surface area contributed by atoms with Gasteiger partial charge >= 0.3 is 12.1 Å². The third kappa shape index (κ3) is 6.07. The number of nitrogens with two attached hydrogens (primary N) is 1. The van der Waals surface area contributed by atoms with Gasteiger partial charge in [-0.3, -0.25) is 4.79 Å². The van der Waals surface area contributed by atoms with E-state index in [1.54, 1.807) is 31.2 Å². The van der Waals surface area contributed by atoms with Crippen LogP contribution in [0.15, 0.2) is 24.3 Å². The maximum absolute atomic E-state index is 12.0. The zero-order valence-corrected chi connectivity index (χ0v) is 13.2. The van der Waals surface area contributed by atoms with Crippen LogP contribution in [0.4, 0.5) is 13.2 Å². The molecule has 0 spiro atoms. The van der Waals surface area contributed by atoms with E-state index in [1.807, 2.05) is 0 Å². The molecule has 0 aliphatic heterocycles. The normalized spacial score (nSPS) is 13.8. The van der Waals surface area contributed by atoms with Crippen LogP contribution in [0.1, 0.15) is 24.9 Å². The van der Waals surface area contributed by atoms with E-state index < -0.39 is 30.7 Å². The van der Waals surface area contributed by atoms with Crippen LogP contribution >= 0.6 is 0 Å². The summed E-state index contributed by atoms with van der Waals surface area (Å²) in [4.78, 5) is 22.5. The molecule has 0 aromatic heterocycles. The van der Waals surface area contributed by atoms with E-state index in [-0.39, 0.29) is 12.5 Å². The summed E-state index contributed by atoms with van der Waals surface area (Å²) in [6.07, 6.45) is -5.29. The molecule has 3 N–H and O–H groups in total. The van der Waals surface area contributed by atoms with Crippen LogP contribution in [0, 0.1) is 0 Å². The molecule has 9 heteroatoms. The van der Waals surface area contributed by atoms with Crippen molar-refractivity contribution in [2.24, 2.45) is 5.73 Å². The van der Waals surface area contributed by atoms with E-state index in [1.165, 1.54) is 7.11 Å². The van der Waals surface area contributed by atoms with Crippen molar-refractivity contribution in [1.82, 2.24) is 5.32 Å². The highest BCUT2D eigenvalue weighted by molar-refractivity contribution is 5.82. The SMILES string of the molecule is COc1cccc([C@@H](C)NC(=O)[C@H](N)CCOC(=O)C(F)(F)F)c1. The number of hydrogen-bond donors (Lipinski definition) is 2. The smallest absolute Gasteiger partial charge is 0.490 e. The van der Waals surface area contributed by atoms with E-state index in [4.69, 9.17) is 10.5 Å². The third-order valence-electron chi connectivity index (χ3n) is 3.18. The Hall–Kier alpha value is -2.29. The van der Waals surface area contributed by atoms with Crippen molar-refractivity contribution in [3.63, 3.8) is 0 Å². The van der Waals surface area contributed by atoms with Gasteiger partial charge in [0, 0.05) is 6.42 Å². The van der Waals surface area contributed by atoms with Crippen LogP contribution in [-0.2, 0) is 14.3 Å². The van der Waals surface area contributed by atoms with Crippen molar-refractivity contribution in [2.75, 3.05) is 13.7 Å². The van der Waals surface area contributed by atoms with Crippen molar-refractivity contribution in [2.45, 2.75) is 31.6 Å². The molecule has 1 rings (SSSR count). The van der Waals surface area contributed by atoms with Crippen LogP contribution < -0.4 is 15.8 Å². The minimum absolute atomic E-state index is 0.224. The summed E-state index contributed by atoms with van der Waals surface area (Å²) in [5, 5.41) is 2.63. The molecule has 1 aromatic rings. The Morgan fingerprint density at radius 2 is 2.00 bits per heavy atom. The molecular weight excluding hydrogens is 329 g/mol. The predicted octanol–water partition coefficient (Wildman–Crippen LogP) is 1.70. The van der Waals surface area contributed by atoms with E-state index in [0.29, 0.717) is 5.75 Å². The fraction of sp³-hybridized carbons (Fsp3) is 0.467. The second-order valence-corrected chi connectivity index (χ2v) is 5.04. The highest BCUT2D eigenvalue weighted by Crippen LogP contribution is 2.19. The standard InChI is InChI=1S/C15H19F3N2O4/c1-9(10-4-3-5-11(8-10)23-2)20-13(21)12(19)6-7-24-14(22)15(16,17)18/h3-5,8-9,12H,6-7,19H2,1-2H3,(H,20,21)/t9-,12-/m1/s1. The van der Waals surface area contributed by atoms with Gasteiger partial charge in [0.15, 0.2) is 0 Å². The largest absolute Gasteiger partial charge is 0.497 e. The highest BCUT2D eigenvalue weighted by atomic mass is 19.4. The Morgan fingerprint density at radius 1 is 1.33 bits per heavy atom. The summed E-state index contributed by atoms with van der Waals surface area (Å²) in [6, 6.07) is 5.55. The quantitative estimate of drug-likeness (QED) is 0.732. The zero-order chi connectivity index (χ0) is 18.3. The van der Waals surface area contributed by atoms with Crippen LogP contribution in [-0.4, -0.2) is 37.8 Å². The summed E-state index contributed by atoms with van der Waals surface area (Å²) >= 11 is 0. The molecule has 0 radical (unpaired) electrons. The molecule has 6 nitrogen and oxygen atoms in total. The summed E-state index contributed by atoms with van der Waals surface area (Å²) in [6.45, 7) is 1.13. The average Bonchev–Trinajstić information content (AvgIpc) is 2.53. The molecule has 0 saturated heterocycles. The molecule has 0 unspecified atom stereocenters. The fourth-order valence-corrected chi connectivity index (χ4v) is 1.81. The number of nitrogens with one attached hydrogen (secondary N) is 1. The van der Waals surface area contributed by atoms with Gasteiger partial charge in [-0.2, -0.15) is 13.2 Å². The molecule has 2 atom stereocenters. The van der Waals surface area contributed by atoms with Gasteiger partial charge in [-0.15, -0.1) is 0 Å². The molecule has 0 heterocycles. The Bertz CT molecular complexity index is 578. The summed E-state index contributed by atoms with van der Waals surface area (Å²) < 4.78 is 45.0. The van der Waals surface area contributed by atoms with Crippen LogP contribution in [0.25, 0.3) is 0 Å². The maximum atomic E-state index is 12.0. The first-order chi connectivity index (χ1) is 11.1. The molecule has 0 aliphatic rings. The highest BCUT2D eigenvalue weighted by Gasteiger charge is 2.40. The predicted molar refractivity (Wildman–Crippen MR) is 79.2 cm³/mol. The van der Waals surface area contributed by atoms with Crippen molar-refractivity contribution >= 4 is 11.9 Å². The summed E-state index contributed by atoms with van der Waals surface area (Å²) in [7, 11) is 1.51. The number of halogens is 3. The number of carbonyl (C=O) groups excluding carboxylic acids is 2. The minimum Gasteiger partial charge on any atom is -0.497 e. The van der Waals surface area contributed by atoms with Crippen LogP contribution in [0.3, 0.4) is 0 Å². The topological polar surface area (TPSA) is 90.7 Å². The number of benzene rings is 1. The molecule has 0 aliphatic carbocycles. The molecule has 0 bridgehead atoms. The lowest BCUT2D eigenvalue weighted by atomic mass is 10.1. The van der Waals surface area contributed by atoms with Crippen LogP contribution in [0.5, 0.6) is 5.75 Å². The lowest BCUT2D eigenvalue weighted by Crippen LogP contribution is -2.42. The van der Waals surface area contributed by atoms with E-state index in [0.717, 1.165) is 5.56 Å². The monoisotopic (exact) mass is 348 g/mol.